The van der Waals surface area contributed by atoms with Gasteiger partial charge < -0.3 is 4.42 Å². The average molecular weight is 776 g/mol. The monoisotopic (exact) mass is 775 g/mol. The fourth-order valence-corrected chi connectivity index (χ4v) is 9.48. The molecule has 2 aromatic heterocycles. The maximum Gasteiger partial charge on any atom is 0.164 e. The summed E-state index contributed by atoms with van der Waals surface area (Å²) >= 11 is 0. The van der Waals surface area contributed by atoms with Crippen LogP contribution in [0.4, 0.5) is 0 Å². The highest BCUT2D eigenvalue weighted by Gasteiger charge is 2.20. The van der Waals surface area contributed by atoms with E-state index in [-0.39, 0.29) is 0 Å². The van der Waals surface area contributed by atoms with Crippen LogP contribution in [0.15, 0.2) is 205 Å². The SMILES string of the molecule is c1ccc2cc(-c3nc(-c4ccc5ccccc5c4)nc(-c4ccc5c(c4)oc4c(-c6ccc7c8ccccc8c8ccccc8c7c6)c6ccccc6cc45)n3)ccc2c1. The lowest BCUT2D eigenvalue weighted by Crippen LogP contribution is -2.00. The summed E-state index contributed by atoms with van der Waals surface area (Å²) in [5.41, 5.74) is 6.56. The van der Waals surface area contributed by atoms with Gasteiger partial charge in [-0.1, -0.05) is 164 Å². The molecule has 0 unspecified atom stereocenters. The van der Waals surface area contributed by atoms with Crippen molar-refractivity contribution >= 4 is 86.6 Å². The molecule has 0 atom stereocenters. The zero-order valence-electron chi connectivity index (χ0n) is 32.8. The minimum Gasteiger partial charge on any atom is -0.455 e. The molecule has 13 aromatic rings. The zero-order chi connectivity index (χ0) is 40.0. The van der Waals surface area contributed by atoms with Crippen molar-refractivity contribution in [1.29, 1.82) is 0 Å². The van der Waals surface area contributed by atoms with E-state index in [1.807, 2.05) is 0 Å². The van der Waals surface area contributed by atoms with Crippen molar-refractivity contribution in [3.05, 3.63) is 200 Å². The van der Waals surface area contributed by atoms with Gasteiger partial charge in [0.2, 0.25) is 0 Å². The van der Waals surface area contributed by atoms with Gasteiger partial charge in [-0.3, -0.25) is 0 Å². The molecule has 0 aliphatic rings. The van der Waals surface area contributed by atoms with Gasteiger partial charge in [-0.05, 0) is 107 Å². The Bertz CT molecular complexity index is 3820. The van der Waals surface area contributed by atoms with E-state index in [1.165, 1.54) is 43.1 Å². The van der Waals surface area contributed by atoms with Crippen LogP contribution in [0, 0.1) is 0 Å². The fourth-order valence-electron chi connectivity index (χ4n) is 9.48. The summed E-state index contributed by atoms with van der Waals surface area (Å²) in [7, 11) is 0. The molecule has 0 bridgehead atoms. The van der Waals surface area contributed by atoms with Crippen molar-refractivity contribution in [3.63, 3.8) is 0 Å². The predicted molar refractivity (Wildman–Crippen MR) is 254 cm³/mol. The highest BCUT2D eigenvalue weighted by atomic mass is 16.3. The Kier molecular flexibility index (Phi) is 7.27. The van der Waals surface area contributed by atoms with Crippen LogP contribution in [-0.2, 0) is 0 Å². The van der Waals surface area contributed by atoms with E-state index in [2.05, 4.69) is 200 Å². The van der Waals surface area contributed by atoms with Crippen LogP contribution in [0.2, 0.25) is 0 Å². The van der Waals surface area contributed by atoms with Gasteiger partial charge in [-0.15, -0.1) is 0 Å². The maximum atomic E-state index is 7.03. The second-order valence-electron chi connectivity index (χ2n) is 15.9. The fraction of sp³-hybridized carbons (Fsp3) is 0. The van der Waals surface area contributed by atoms with Crippen molar-refractivity contribution in [2.75, 3.05) is 0 Å². The lowest BCUT2D eigenvalue weighted by Gasteiger charge is -2.13. The van der Waals surface area contributed by atoms with E-state index in [0.29, 0.717) is 17.5 Å². The van der Waals surface area contributed by atoms with Gasteiger partial charge in [-0.25, -0.2) is 15.0 Å². The van der Waals surface area contributed by atoms with Crippen molar-refractivity contribution in [3.8, 4) is 45.3 Å². The minimum absolute atomic E-state index is 0.586. The van der Waals surface area contributed by atoms with E-state index >= 15 is 0 Å². The molecular weight excluding hydrogens is 743 g/mol. The van der Waals surface area contributed by atoms with Crippen molar-refractivity contribution in [2.24, 2.45) is 0 Å². The van der Waals surface area contributed by atoms with Crippen molar-refractivity contribution in [1.82, 2.24) is 15.0 Å². The Morgan fingerprint density at radius 3 is 1.28 bits per heavy atom. The minimum atomic E-state index is 0.586. The zero-order valence-corrected chi connectivity index (χ0v) is 32.8. The summed E-state index contributed by atoms with van der Waals surface area (Å²) in [6.45, 7) is 0. The average Bonchev–Trinajstić information content (AvgIpc) is 3.70. The number of rotatable bonds is 4. The Morgan fingerprint density at radius 2 is 0.689 bits per heavy atom. The number of nitrogens with zero attached hydrogens (tertiary/aromatic N) is 3. The van der Waals surface area contributed by atoms with Crippen molar-refractivity contribution in [2.45, 2.75) is 0 Å². The molecule has 13 rings (SSSR count). The van der Waals surface area contributed by atoms with Crippen molar-refractivity contribution < 1.29 is 4.42 Å². The number of aromatic nitrogens is 3. The molecule has 0 aliphatic heterocycles. The third kappa shape index (κ3) is 5.36. The van der Waals surface area contributed by atoms with E-state index in [9.17, 15) is 0 Å². The third-order valence-electron chi connectivity index (χ3n) is 12.4. The molecule has 0 radical (unpaired) electrons. The predicted octanol–water partition coefficient (Wildman–Crippen LogP) is 15.4. The topological polar surface area (TPSA) is 51.8 Å². The lowest BCUT2D eigenvalue weighted by atomic mass is 9.90. The molecule has 2 heterocycles. The van der Waals surface area contributed by atoms with Gasteiger partial charge in [-0.2, -0.15) is 0 Å². The smallest absolute Gasteiger partial charge is 0.164 e. The molecule has 282 valence electrons. The number of hydrogen-bond donors (Lipinski definition) is 0. The normalized spacial score (nSPS) is 11.9. The van der Waals surface area contributed by atoms with Crippen LogP contribution in [0.3, 0.4) is 0 Å². The number of benzene rings is 11. The third-order valence-corrected chi connectivity index (χ3v) is 12.4. The molecule has 0 spiro atoms. The van der Waals surface area contributed by atoms with Crippen LogP contribution in [-0.4, -0.2) is 15.0 Å². The molecule has 11 aromatic carbocycles. The first-order valence-corrected chi connectivity index (χ1v) is 20.7. The second-order valence-corrected chi connectivity index (χ2v) is 15.9. The number of hydrogen-bond acceptors (Lipinski definition) is 4. The molecule has 0 fully saturated rings. The van der Waals surface area contributed by atoms with Gasteiger partial charge in [0.25, 0.3) is 0 Å². The summed E-state index contributed by atoms with van der Waals surface area (Å²) in [4.78, 5) is 15.4. The second kappa shape index (κ2) is 13.2. The summed E-state index contributed by atoms with van der Waals surface area (Å²) in [5, 5.41) is 16.5. The van der Waals surface area contributed by atoms with E-state index < -0.39 is 0 Å². The maximum absolute atomic E-state index is 7.03. The summed E-state index contributed by atoms with van der Waals surface area (Å²) in [5.74, 6) is 1.82. The quantitative estimate of drug-likeness (QED) is 0.167. The van der Waals surface area contributed by atoms with Crippen LogP contribution in [0.1, 0.15) is 0 Å². The molecule has 0 amide bonds. The van der Waals surface area contributed by atoms with Gasteiger partial charge in [0.15, 0.2) is 17.5 Å². The molecule has 0 aliphatic carbocycles. The van der Waals surface area contributed by atoms with E-state index in [0.717, 1.165) is 71.3 Å². The van der Waals surface area contributed by atoms with Gasteiger partial charge in [0.1, 0.15) is 11.2 Å². The standard InChI is InChI=1S/C57H33N3O/c1-3-13-36-29-40(23-21-34(36)11-1)55-58-56(41-24-22-35-12-2-4-14-37(35)30-41)60-57(59-55)42-26-28-49-51-31-38-15-5-6-16-43(38)53(54(51)61-52(49)33-42)39-25-27-48-46-19-8-7-17-44(46)45-18-9-10-20-47(45)50(48)32-39/h1-33H. The number of fused-ring (bicyclic) bond motifs is 12. The molecule has 61 heavy (non-hydrogen) atoms. The van der Waals surface area contributed by atoms with Gasteiger partial charge >= 0.3 is 0 Å². The van der Waals surface area contributed by atoms with Gasteiger partial charge in [0, 0.05) is 33.0 Å². The van der Waals surface area contributed by atoms with E-state index in [1.54, 1.807) is 0 Å². The van der Waals surface area contributed by atoms with Crippen LogP contribution >= 0.6 is 0 Å². The Hall–Kier alpha value is -8.21. The number of furan rings is 1. The highest BCUT2D eigenvalue weighted by molar-refractivity contribution is 6.27. The van der Waals surface area contributed by atoms with Crippen LogP contribution < -0.4 is 0 Å². The molecule has 0 N–H and O–H groups in total. The molecule has 4 heteroatoms. The summed E-state index contributed by atoms with van der Waals surface area (Å²) in [6.07, 6.45) is 0. The van der Waals surface area contributed by atoms with Gasteiger partial charge in [0.05, 0.1) is 0 Å². The first-order chi connectivity index (χ1) is 30.2. The van der Waals surface area contributed by atoms with Crippen LogP contribution in [0.5, 0.6) is 0 Å². The van der Waals surface area contributed by atoms with Crippen LogP contribution in [0.25, 0.3) is 132 Å². The molecule has 0 saturated carbocycles. The first kappa shape index (κ1) is 33.7. The summed E-state index contributed by atoms with van der Waals surface area (Å²) in [6, 6.07) is 71.1. The molecule has 0 saturated heterocycles. The summed E-state index contributed by atoms with van der Waals surface area (Å²) < 4.78 is 7.03. The highest BCUT2D eigenvalue weighted by Crippen LogP contribution is 2.44. The molecule has 4 nitrogen and oxygen atoms in total. The Balaban J connectivity index is 1.02. The first-order valence-electron chi connectivity index (χ1n) is 20.7. The largest absolute Gasteiger partial charge is 0.455 e. The lowest BCUT2D eigenvalue weighted by molar-refractivity contribution is 0.670. The Morgan fingerprint density at radius 1 is 0.262 bits per heavy atom. The Labute approximate surface area is 350 Å². The molecular formula is C57H33N3O. The van der Waals surface area contributed by atoms with E-state index in [4.69, 9.17) is 19.4 Å².